The molecule has 8 heteroatoms. The molecule has 0 aromatic rings. The molecule has 1 amide bonds. The Kier molecular flexibility index (Phi) is 32.8. The van der Waals surface area contributed by atoms with Gasteiger partial charge in [-0.25, -0.2) is 0 Å². The quantitative estimate of drug-likeness (QED) is 0.218. The van der Waals surface area contributed by atoms with Gasteiger partial charge in [-0.15, -0.1) is 6.61 Å². The van der Waals surface area contributed by atoms with E-state index in [2.05, 4.69) is 5.32 Å². The zero-order valence-electron chi connectivity index (χ0n) is 14.4. The van der Waals surface area contributed by atoms with Crippen molar-refractivity contribution in [3.63, 3.8) is 0 Å². The Morgan fingerprint density at radius 2 is 1.48 bits per heavy atom. The van der Waals surface area contributed by atoms with E-state index in [-0.39, 0.29) is 89.1 Å². The second-order valence-electron chi connectivity index (χ2n) is 4.87. The zero-order chi connectivity index (χ0) is 15.6. The Morgan fingerprint density at radius 3 is 2.09 bits per heavy atom. The Balaban J connectivity index is -0.00000200. The summed E-state index contributed by atoms with van der Waals surface area (Å²) in [6.07, 6.45) is 6.48. The third kappa shape index (κ3) is 25.9. The van der Waals surface area contributed by atoms with Crippen LogP contribution in [-0.4, -0.2) is 57.2 Å². The fourth-order valence-corrected chi connectivity index (χ4v) is 1.83. The number of unbranched alkanes of at least 4 members (excludes halogenated alkanes) is 5. The van der Waals surface area contributed by atoms with E-state index in [9.17, 15) is 9.90 Å². The van der Waals surface area contributed by atoms with Crippen LogP contribution >= 0.6 is 0 Å². The van der Waals surface area contributed by atoms with Crippen LogP contribution < -0.4 is 61.8 Å². The molecule has 1 radical (unpaired) electrons. The summed E-state index contributed by atoms with van der Waals surface area (Å²) in [5.41, 5.74) is 0. The molecule has 0 atom stereocenters. The summed E-state index contributed by atoms with van der Waals surface area (Å²) in [5.74, 6) is 0.0645. The number of carbonyl (C=O) groups excluding carboxylic acids is 1. The van der Waals surface area contributed by atoms with E-state index in [0.29, 0.717) is 39.4 Å². The van der Waals surface area contributed by atoms with E-state index >= 15 is 0 Å². The van der Waals surface area contributed by atoms with Gasteiger partial charge < -0.3 is 25.0 Å². The average molecular weight is 394 g/mol. The number of aliphatic hydroxyl groups is 1. The molecule has 0 rings (SSSR count). The van der Waals surface area contributed by atoms with Gasteiger partial charge in [0, 0.05) is 31.5 Å². The molecule has 0 aliphatic carbocycles. The van der Waals surface area contributed by atoms with Crippen LogP contribution in [0.5, 0.6) is 0 Å². The van der Waals surface area contributed by atoms with Gasteiger partial charge in [0.05, 0.1) is 33.0 Å². The van der Waals surface area contributed by atoms with E-state index in [1.165, 1.54) is 0 Å². The van der Waals surface area contributed by atoms with Crippen molar-refractivity contribution in [2.45, 2.75) is 44.9 Å². The van der Waals surface area contributed by atoms with E-state index in [0.717, 1.165) is 38.5 Å². The Morgan fingerprint density at radius 1 is 0.913 bits per heavy atom. The smallest absolute Gasteiger partial charge is 0.854 e. The van der Waals surface area contributed by atoms with Crippen LogP contribution in [0.15, 0.2) is 0 Å². The van der Waals surface area contributed by atoms with Gasteiger partial charge in [0.1, 0.15) is 0 Å². The van der Waals surface area contributed by atoms with Crippen LogP contribution in [0.3, 0.4) is 0 Å². The second-order valence-corrected chi connectivity index (χ2v) is 4.87. The minimum absolute atomic E-state index is 0. The number of carbonyl (C=O) groups is 1. The predicted octanol–water partition coefficient (Wildman–Crippen LogP) is -2.78. The molecule has 0 heterocycles. The molecule has 0 aromatic carbocycles. The molecular formula is C15H30KNO5V. The molecule has 0 unspecified atom stereocenters. The van der Waals surface area contributed by atoms with Crippen molar-refractivity contribution in [1.29, 1.82) is 0 Å². The van der Waals surface area contributed by atoms with Crippen molar-refractivity contribution < 1.29 is 94.4 Å². The predicted molar refractivity (Wildman–Crippen MR) is 78.9 cm³/mol. The average Bonchev–Trinajstić information content (AvgIpc) is 2.49. The van der Waals surface area contributed by atoms with Crippen molar-refractivity contribution >= 4 is 5.91 Å². The fourth-order valence-electron chi connectivity index (χ4n) is 1.83. The maximum Gasteiger partial charge on any atom is 1.00 e. The van der Waals surface area contributed by atoms with Gasteiger partial charge in [-0.3, -0.25) is 4.79 Å². The summed E-state index contributed by atoms with van der Waals surface area (Å²) in [6.45, 7) is 2.30. The van der Waals surface area contributed by atoms with Crippen LogP contribution in [-0.2, 0) is 32.8 Å². The number of amides is 1. The normalized spacial score (nSPS) is 9.83. The molecule has 0 aromatic heterocycles. The standard InChI is InChI=1S/C15H30NO5.K.V/c17-9-6-4-2-1-3-5-7-15(19)16-8-11-20-13-14-21-12-10-18;;/h18H,1-14H2,(H,16,19);;/q-1;+1;. The molecule has 0 saturated carbocycles. The molecular weight excluding hydrogens is 364 g/mol. The maximum absolute atomic E-state index is 11.5. The molecule has 0 aliphatic heterocycles. The second kappa shape index (κ2) is 25.8. The van der Waals surface area contributed by atoms with Gasteiger partial charge in [-0.1, -0.05) is 32.1 Å². The van der Waals surface area contributed by atoms with Gasteiger partial charge >= 0.3 is 51.4 Å². The third-order valence-corrected chi connectivity index (χ3v) is 2.97. The van der Waals surface area contributed by atoms with E-state index in [1.807, 2.05) is 0 Å². The van der Waals surface area contributed by atoms with Crippen molar-refractivity contribution in [1.82, 2.24) is 5.32 Å². The number of aliphatic hydroxyl groups excluding tert-OH is 1. The fraction of sp³-hybridized carbons (Fsp3) is 0.933. The topological polar surface area (TPSA) is 90.9 Å². The monoisotopic (exact) mass is 394 g/mol. The van der Waals surface area contributed by atoms with E-state index in [1.54, 1.807) is 0 Å². The molecule has 0 aliphatic rings. The molecule has 0 spiro atoms. The van der Waals surface area contributed by atoms with Crippen molar-refractivity contribution in [2.24, 2.45) is 0 Å². The first-order valence-electron chi connectivity index (χ1n) is 7.92. The Labute approximate surface area is 194 Å². The number of nitrogens with one attached hydrogen (secondary N) is 1. The van der Waals surface area contributed by atoms with Gasteiger partial charge in [0.2, 0.25) is 5.91 Å². The van der Waals surface area contributed by atoms with E-state index < -0.39 is 0 Å². The summed E-state index contributed by atoms with van der Waals surface area (Å²) in [7, 11) is 0. The maximum atomic E-state index is 11.5. The van der Waals surface area contributed by atoms with Gasteiger partial charge in [0.15, 0.2) is 0 Å². The summed E-state index contributed by atoms with van der Waals surface area (Å²) in [4.78, 5) is 11.5. The first kappa shape index (κ1) is 29.3. The summed E-state index contributed by atoms with van der Waals surface area (Å²) < 4.78 is 10.3. The van der Waals surface area contributed by atoms with Crippen molar-refractivity contribution in [3.8, 4) is 0 Å². The SMILES string of the molecule is O=C(CCCCCCCC[O-])NCCOCCOCCO.[K+].[V]. The van der Waals surface area contributed by atoms with Crippen LogP contribution in [0.4, 0.5) is 0 Å². The molecule has 0 saturated heterocycles. The molecule has 131 valence electrons. The van der Waals surface area contributed by atoms with Gasteiger partial charge in [-0.2, -0.15) is 0 Å². The number of hydrogen-bond donors (Lipinski definition) is 2. The summed E-state index contributed by atoms with van der Waals surface area (Å²) >= 11 is 0. The van der Waals surface area contributed by atoms with Crippen LogP contribution in [0, 0.1) is 0 Å². The van der Waals surface area contributed by atoms with Gasteiger partial charge in [0.25, 0.3) is 0 Å². The number of rotatable bonds is 16. The minimum Gasteiger partial charge on any atom is -0.854 e. The summed E-state index contributed by atoms with van der Waals surface area (Å²) in [5, 5.41) is 21.5. The van der Waals surface area contributed by atoms with Crippen LogP contribution in [0.1, 0.15) is 44.9 Å². The zero-order valence-corrected chi connectivity index (χ0v) is 18.9. The largest absolute Gasteiger partial charge is 1.00 e. The molecule has 2 N–H and O–H groups in total. The molecule has 0 fully saturated rings. The number of hydrogen-bond acceptors (Lipinski definition) is 5. The van der Waals surface area contributed by atoms with Crippen molar-refractivity contribution in [2.75, 3.05) is 46.2 Å². The van der Waals surface area contributed by atoms with Crippen LogP contribution in [0.25, 0.3) is 0 Å². The van der Waals surface area contributed by atoms with Gasteiger partial charge in [-0.05, 0) is 6.42 Å². The number of ether oxygens (including phenoxy) is 2. The first-order chi connectivity index (χ1) is 10.3. The first-order valence-corrected chi connectivity index (χ1v) is 7.92. The Hall–Kier alpha value is 1.53. The molecule has 0 bridgehead atoms. The molecule has 23 heavy (non-hydrogen) atoms. The van der Waals surface area contributed by atoms with Crippen LogP contribution in [0.2, 0.25) is 0 Å². The minimum atomic E-state index is 0. The Bertz CT molecular complexity index is 238. The third-order valence-electron chi connectivity index (χ3n) is 2.97. The van der Waals surface area contributed by atoms with E-state index in [4.69, 9.17) is 14.6 Å². The van der Waals surface area contributed by atoms with Crippen molar-refractivity contribution in [3.05, 3.63) is 0 Å². The molecule has 6 nitrogen and oxygen atoms in total. The summed E-state index contributed by atoms with van der Waals surface area (Å²) in [6, 6.07) is 0.